The van der Waals surface area contributed by atoms with Crippen LogP contribution in [0.25, 0.3) is 5.57 Å². The van der Waals surface area contributed by atoms with E-state index >= 15 is 0 Å². The topological polar surface area (TPSA) is 71.1 Å². The lowest BCUT2D eigenvalue weighted by atomic mass is 9.82. The summed E-state index contributed by atoms with van der Waals surface area (Å²) in [6.45, 7) is 4.42. The smallest absolute Gasteiger partial charge is 0.251 e. The van der Waals surface area contributed by atoms with Gasteiger partial charge in [0.05, 0.1) is 24.3 Å². The SMILES string of the molecule is CC(=O)N1CC2CC(c3ccc(CCCOc4ccccc4Cl)cc3)=C(C(=O)N(C)CCCOc3ccccc3)C(C1)N2. The number of nitrogens with zero attached hydrogens (tertiary/aromatic N) is 2. The number of piperazine rings is 1. The Hall–Kier alpha value is -3.81. The van der Waals surface area contributed by atoms with Crippen molar-refractivity contribution in [3.05, 3.63) is 101 Å². The zero-order valence-corrected chi connectivity index (χ0v) is 25.7. The van der Waals surface area contributed by atoms with Crippen molar-refractivity contribution in [2.75, 3.05) is 39.9 Å². The largest absolute Gasteiger partial charge is 0.494 e. The third-order valence-corrected chi connectivity index (χ3v) is 8.40. The first-order valence-electron chi connectivity index (χ1n) is 15.0. The van der Waals surface area contributed by atoms with Gasteiger partial charge < -0.3 is 24.6 Å². The molecule has 2 amide bonds. The fourth-order valence-electron chi connectivity index (χ4n) is 5.83. The summed E-state index contributed by atoms with van der Waals surface area (Å²) in [6.07, 6.45) is 3.15. The van der Waals surface area contributed by atoms with Gasteiger partial charge in [0.2, 0.25) is 5.91 Å². The predicted molar refractivity (Wildman–Crippen MR) is 170 cm³/mol. The van der Waals surface area contributed by atoms with Gasteiger partial charge in [0.1, 0.15) is 11.5 Å². The lowest BCUT2D eigenvalue weighted by Crippen LogP contribution is -2.61. The molecule has 7 nitrogen and oxygen atoms in total. The maximum Gasteiger partial charge on any atom is 0.251 e. The Morgan fingerprint density at radius 1 is 0.930 bits per heavy atom. The van der Waals surface area contributed by atoms with Crippen molar-refractivity contribution < 1.29 is 19.1 Å². The van der Waals surface area contributed by atoms with E-state index in [1.54, 1.807) is 11.8 Å². The van der Waals surface area contributed by atoms with Crippen molar-refractivity contribution in [2.24, 2.45) is 0 Å². The molecule has 3 aromatic rings. The summed E-state index contributed by atoms with van der Waals surface area (Å²) < 4.78 is 11.7. The van der Waals surface area contributed by atoms with Gasteiger partial charge in [-0.3, -0.25) is 9.59 Å². The number of nitrogens with one attached hydrogen (secondary N) is 1. The van der Waals surface area contributed by atoms with E-state index in [2.05, 4.69) is 29.6 Å². The number of benzene rings is 3. The van der Waals surface area contributed by atoms with E-state index in [0.29, 0.717) is 50.0 Å². The first-order chi connectivity index (χ1) is 20.9. The number of hydrogen-bond donors (Lipinski definition) is 1. The van der Waals surface area contributed by atoms with E-state index in [9.17, 15) is 9.59 Å². The molecular formula is C35H40ClN3O4. The molecule has 43 heavy (non-hydrogen) atoms. The number of likely N-dealkylation sites (N-methyl/N-ethyl adjacent to an activating group) is 1. The predicted octanol–water partition coefficient (Wildman–Crippen LogP) is 5.63. The second-order valence-electron chi connectivity index (χ2n) is 11.3. The van der Waals surface area contributed by atoms with Gasteiger partial charge in [-0.2, -0.15) is 0 Å². The lowest BCUT2D eigenvalue weighted by molar-refractivity contribution is -0.132. The third-order valence-electron chi connectivity index (χ3n) is 8.08. The van der Waals surface area contributed by atoms with Crippen molar-refractivity contribution in [2.45, 2.75) is 44.7 Å². The van der Waals surface area contributed by atoms with Gasteiger partial charge >= 0.3 is 0 Å². The van der Waals surface area contributed by atoms with E-state index in [0.717, 1.165) is 41.7 Å². The van der Waals surface area contributed by atoms with Crippen LogP contribution >= 0.6 is 11.6 Å². The Morgan fingerprint density at radius 2 is 1.65 bits per heavy atom. The van der Waals surface area contributed by atoms with Crippen LogP contribution < -0.4 is 14.8 Å². The molecule has 1 fully saturated rings. The van der Waals surface area contributed by atoms with Crippen LogP contribution in [0.5, 0.6) is 11.5 Å². The molecular weight excluding hydrogens is 562 g/mol. The van der Waals surface area contributed by atoms with Crippen molar-refractivity contribution in [1.82, 2.24) is 15.1 Å². The van der Waals surface area contributed by atoms with Gasteiger partial charge in [0, 0.05) is 45.2 Å². The normalized spacial score (nSPS) is 17.9. The number of aryl methyl sites for hydroxylation is 1. The summed E-state index contributed by atoms with van der Waals surface area (Å²) in [6, 6.07) is 25.7. The minimum absolute atomic E-state index is 0.00291. The molecule has 2 aliphatic rings. The fraction of sp³-hybridized carbons (Fsp3) is 0.371. The molecule has 1 saturated heterocycles. The molecule has 2 bridgehead atoms. The highest BCUT2D eigenvalue weighted by molar-refractivity contribution is 6.32. The zero-order valence-electron chi connectivity index (χ0n) is 24.9. The molecule has 0 radical (unpaired) electrons. The molecule has 2 unspecified atom stereocenters. The molecule has 5 rings (SSSR count). The average molecular weight is 602 g/mol. The number of rotatable bonds is 12. The van der Waals surface area contributed by atoms with E-state index in [-0.39, 0.29) is 23.9 Å². The molecule has 0 aliphatic carbocycles. The zero-order chi connectivity index (χ0) is 30.2. The minimum Gasteiger partial charge on any atom is -0.494 e. The Balaban J connectivity index is 1.26. The van der Waals surface area contributed by atoms with E-state index < -0.39 is 0 Å². The second kappa shape index (κ2) is 14.6. The fourth-order valence-corrected chi connectivity index (χ4v) is 6.02. The average Bonchev–Trinajstić information content (AvgIpc) is 3.02. The molecule has 0 aromatic heterocycles. The van der Waals surface area contributed by atoms with Crippen molar-refractivity contribution in [1.29, 1.82) is 0 Å². The number of hydrogen-bond acceptors (Lipinski definition) is 5. The van der Waals surface area contributed by atoms with Crippen LogP contribution in [-0.4, -0.2) is 73.6 Å². The summed E-state index contributed by atoms with van der Waals surface area (Å²) >= 11 is 6.19. The summed E-state index contributed by atoms with van der Waals surface area (Å²) in [5.41, 5.74) is 4.11. The summed E-state index contributed by atoms with van der Waals surface area (Å²) in [7, 11) is 1.85. The van der Waals surface area contributed by atoms with Gasteiger partial charge in [0.25, 0.3) is 5.91 Å². The van der Waals surface area contributed by atoms with E-state index in [1.807, 2.05) is 66.5 Å². The van der Waals surface area contributed by atoms with Crippen molar-refractivity contribution in [3.8, 4) is 11.5 Å². The Kier molecular flexibility index (Phi) is 10.4. The number of fused-ring (bicyclic) bond motifs is 2. The highest BCUT2D eigenvalue weighted by Crippen LogP contribution is 2.34. The molecule has 2 heterocycles. The third kappa shape index (κ3) is 7.98. The van der Waals surface area contributed by atoms with Gasteiger partial charge in [-0.25, -0.2) is 0 Å². The quantitative estimate of drug-likeness (QED) is 0.273. The number of amides is 2. The maximum absolute atomic E-state index is 14.0. The van der Waals surface area contributed by atoms with Gasteiger partial charge in [-0.15, -0.1) is 0 Å². The van der Waals surface area contributed by atoms with Crippen LogP contribution in [0.1, 0.15) is 37.3 Å². The minimum atomic E-state index is -0.205. The van der Waals surface area contributed by atoms with Crippen LogP contribution in [-0.2, 0) is 16.0 Å². The molecule has 2 aliphatic heterocycles. The molecule has 1 N–H and O–H groups in total. The Bertz CT molecular complexity index is 1430. The summed E-state index contributed by atoms with van der Waals surface area (Å²) in [5.74, 6) is 1.57. The van der Waals surface area contributed by atoms with Crippen LogP contribution in [0.3, 0.4) is 0 Å². The number of ether oxygens (including phenoxy) is 2. The lowest BCUT2D eigenvalue weighted by Gasteiger charge is -2.44. The summed E-state index contributed by atoms with van der Waals surface area (Å²) in [4.78, 5) is 29.9. The first kappa shape index (κ1) is 30.6. The highest BCUT2D eigenvalue weighted by Gasteiger charge is 2.39. The van der Waals surface area contributed by atoms with Crippen molar-refractivity contribution in [3.63, 3.8) is 0 Å². The monoisotopic (exact) mass is 601 g/mol. The van der Waals surface area contributed by atoms with Crippen molar-refractivity contribution >= 4 is 29.0 Å². The maximum atomic E-state index is 14.0. The van der Waals surface area contributed by atoms with E-state index in [4.69, 9.17) is 21.1 Å². The molecule has 0 spiro atoms. The van der Waals surface area contributed by atoms with Crippen LogP contribution in [0.2, 0.25) is 5.02 Å². The van der Waals surface area contributed by atoms with E-state index in [1.165, 1.54) is 5.56 Å². The van der Waals surface area contributed by atoms with Crippen LogP contribution in [0.4, 0.5) is 0 Å². The Labute approximate surface area is 259 Å². The van der Waals surface area contributed by atoms with Gasteiger partial charge in [-0.1, -0.05) is 66.2 Å². The first-order valence-corrected chi connectivity index (χ1v) is 15.4. The number of carbonyl (C=O) groups is 2. The molecule has 3 aromatic carbocycles. The van der Waals surface area contributed by atoms with Gasteiger partial charge in [-0.05, 0) is 66.6 Å². The standard InChI is InChI=1S/C35H40ClN3O4/c1-25(40)39-23-28-22-30(27-17-15-26(16-18-27)10-8-20-43-33-14-7-6-13-31(33)36)34(32(24-39)37-28)35(41)38(2)19-9-21-42-29-11-4-3-5-12-29/h3-7,11-18,28,32,37H,8-10,19-24H2,1-2H3. The van der Waals surface area contributed by atoms with Crippen LogP contribution in [0, 0.1) is 0 Å². The molecule has 226 valence electrons. The van der Waals surface area contributed by atoms with Gasteiger partial charge in [0.15, 0.2) is 0 Å². The number of carbonyl (C=O) groups excluding carboxylic acids is 2. The molecule has 2 atom stereocenters. The molecule has 8 heteroatoms. The number of para-hydroxylation sites is 2. The van der Waals surface area contributed by atoms with Crippen LogP contribution in [0.15, 0.2) is 84.4 Å². The number of halogens is 1. The Morgan fingerprint density at radius 3 is 2.40 bits per heavy atom. The second-order valence-corrected chi connectivity index (χ2v) is 11.7. The molecule has 0 saturated carbocycles. The highest BCUT2D eigenvalue weighted by atomic mass is 35.5. The summed E-state index contributed by atoms with van der Waals surface area (Å²) in [5, 5.41) is 4.25.